The molecule has 1 unspecified atom stereocenters. The summed E-state index contributed by atoms with van der Waals surface area (Å²) in [6.45, 7) is 5.38. The van der Waals surface area contributed by atoms with Gasteiger partial charge in [0.25, 0.3) is 5.56 Å². The molecule has 0 bridgehead atoms. The summed E-state index contributed by atoms with van der Waals surface area (Å²) >= 11 is 12.8. The van der Waals surface area contributed by atoms with Crippen LogP contribution in [0.15, 0.2) is 47.3 Å². The van der Waals surface area contributed by atoms with Crippen molar-refractivity contribution in [1.82, 2.24) is 9.55 Å². The molecule has 2 aromatic rings. The van der Waals surface area contributed by atoms with Gasteiger partial charge in [0.2, 0.25) is 0 Å². The molecule has 0 radical (unpaired) electrons. The van der Waals surface area contributed by atoms with Crippen molar-refractivity contribution in [3.8, 4) is 0 Å². The number of alkyl halides is 2. The first-order valence-corrected chi connectivity index (χ1v) is 12.1. The Morgan fingerprint density at radius 1 is 1.16 bits per heavy atom. The second-order valence-corrected chi connectivity index (χ2v) is 10.2. The molecule has 3 atom stereocenters. The number of nitrogens with two attached hydrogens (primary N) is 1. The monoisotopic (exact) mass is 470 g/mol. The van der Waals surface area contributed by atoms with E-state index >= 15 is 0 Å². The fourth-order valence-corrected chi connectivity index (χ4v) is 6.06. The molecule has 2 aliphatic carbocycles. The Morgan fingerprint density at radius 3 is 2.59 bits per heavy atom. The molecule has 5 rings (SSSR count). The lowest BCUT2D eigenvalue weighted by molar-refractivity contribution is 0.187. The van der Waals surface area contributed by atoms with E-state index in [9.17, 15) is 4.79 Å². The highest BCUT2D eigenvalue weighted by atomic mass is 35.5. The van der Waals surface area contributed by atoms with Crippen molar-refractivity contribution in [3.05, 3.63) is 75.4 Å². The molecule has 1 fully saturated rings. The first-order valence-electron chi connectivity index (χ1n) is 11.2. The minimum atomic E-state index is -0.481. The van der Waals surface area contributed by atoms with Crippen LogP contribution < -0.4 is 16.2 Å². The van der Waals surface area contributed by atoms with E-state index in [1.54, 1.807) is 4.57 Å². The molecule has 168 valence electrons. The maximum atomic E-state index is 13.4. The molecule has 32 heavy (non-hydrogen) atoms. The minimum absolute atomic E-state index is 0.0695. The summed E-state index contributed by atoms with van der Waals surface area (Å²) in [6, 6.07) is 8.61. The van der Waals surface area contributed by atoms with Crippen LogP contribution in [0.1, 0.15) is 41.4 Å². The summed E-state index contributed by atoms with van der Waals surface area (Å²) < 4.78 is 1.60. The Morgan fingerprint density at radius 2 is 1.88 bits per heavy atom. The van der Waals surface area contributed by atoms with Crippen LogP contribution in [0.5, 0.6) is 0 Å². The van der Waals surface area contributed by atoms with Crippen LogP contribution >= 0.6 is 23.2 Å². The Balaban J connectivity index is 1.41. The number of piperidine rings is 1. The molecular formula is C25H28Cl2N4O. The molecule has 0 amide bonds. The van der Waals surface area contributed by atoms with E-state index in [1.807, 2.05) is 32.1 Å². The molecule has 1 aromatic carbocycles. The third-order valence-corrected chi connectivity index (χ3v) is 8.51. The number of rotatable bonds is 2. The number of halogens is 2. The van der Waals surface area contributed by atoms with Gasteiger partial charge in [-0.3, -0.25) is 9.36 Å². The number of allylic oxidation sites excluding steroid dienone is 4. The van der Waals surface area contributed by atoms with E-state index < -0.39 is 5.38 Å². The van der Waals surface area contributed by atoms with Gasteiger partial charge in [0.15, 0.2) is 0 Å². The second-order valence-electron chi connectivity index (χ2n) is 9.27. The fraction of sp³-hybridized carbons (Fsp3) is 0.440. The molecule has 2 heterocycles. The van der Waals surface area contributed by atoms with Crippen LogP contribution in [-0.4, -0.2) is 33.4 Å². The number of fused-ring (bicyclic) bond motifs is 1. The molecule has 7 heteroatoms. The number of benzene rings is 1. The maximum Gasteiger partial charge on any atom is 0.262 e. The summed E-state index contributed by atoms with van der Waals surface area (Å²) in [5.74, 6) is 1.39. The van der Waals surface area contributed by atoms with Gasteiger partial charge in [0.05, 0.1) is 16.3 Å². The van der Waals surface area contributed by atoms with Gasteiger partial charge in [-0.2, -0.15) is 0 Å². The van der Waals surface area contributed by atoms with E-state index in [0.29, 0.717) is 17.1 Å². The highest BCUT2D eigenvalue weighted by Gasteiger charge is 2.46. The molecule has 0 saturated carbocycles. The predicted octanol–water partition coefficient (Wildman–Crippen LogP) is 4.33. The predicted molar refractivity (Wildman–Crippen MR) is 132 cm³/mol. The van der Waals surface area contributed by atoms with Gasteiger partial charge < -0.3 is 10.6 Å². The Labute approximate surface area is 198 Å². The Hall–Kier alpha value is -2.08. The highest BCUT2D eigenvalue weighted by Crippen LogP contribution is 2.51. The average molecular weight is 471 g/mol. The van der Waals surface area contributed by atoms with E-state index in [0.717, 1.165) is 38.2 Å². The van der Waals surface area contributed by atoms with E-state index in [2.05, 4.69) is 29.2 Å². The maximum absolute atomic E-state index is 13.4. The van der Waals surface area contributed by atoms with E-state index in [-0.39, 0.29) is 22.4 Å². The van der Waals surface area contributed by atoms with Crippen molar-refractivity contribution in [2.75, 3.05) is 18.0 Å². The van der Waals surface area contributed by atoms with Gasteiger partial charge in [0, 0.05) is 24.8 Å². The summed E-state index contributed by atoms with van der Waals surface area (Å²) in [5.41, 5.74) is 10.7. The molecule has 3 aliphatic rings. The number of anilines is 1. The lowest BCUT2D eigenvalue weighted by atomic mass is 9.73. The first-order chi connectivity index (χ1) is 15.3. The fourth-order valence-electron chi connectivity index (χ4n) is 5.59. The molecular weight excluding hydrogens is 443 g/mol. The third-order valence-electron chi connectivity index (χ3n) is 7.48. The highest BCUT2D eigenvalue weighted by molar-refractivity contribution is 6.34. The average Bonchev–Trinajstić information content (AvgIpc) is 3.06. The summed E-state index contributed by atoms with van der Waals surface area (Å²) in [6.07, 6.45) is 8.51. The third kappa shape index (κ3) is 3.33. The van der Waals surface area contributed by atoms with Crippen LogP contribution in [0.25, 0.3) is 5.70 Å². The van der Waals surface area contributed by atoms with Gasteiger partial charge >= 0.3 is 0 Å². The molecule has 1 saturated heterocycles. The van der Waals surface area contributed by atoms with Gasteiger partial charge in [0.1, 0.15) is 11.6 Å². The van der Waals surface area contributed by atoms with Crippen molar-refractivity contribution in [2.24, 2.45) is 11.1 Å². The smallest absolute Gasteiger partial charge is 0.262 e. The van der Waals surface area contributed by atoms with E-state index in [4.69, 9.17) is 33.9 Å². The quantitative estimate of drug-likeness (QED) is 0.663. The number of hydrogen-bond acceptors (Lipinski definition) is 4. The van der Waals surface area contributed by atoms with Crippen molar-refractivity contribution in [2.45, 2.75) is 49.9 Å². The lowest BCUT2D eigenvalue weighted by Crippen LogP contribution is -2.45. The number of aryl methyl sites for hydroxylation is 1. The van der Waals surface area contributed by atoms with Crippen molar-refractivity contribution >= 4 is 34.7 Å². The standard InChI is InChI=1S/C25H28Cl2N4O/c1-15-23(29-16(2)31(24(15)32)20-9-5-8-19(26)21(20)27)30-12-10-25(11-13-30)14-17-6-3-4-7-18(17)22(25)28/h3-9,19,21-22H,10-14,28H2,1-2H3/t19-,21?,22+/m0/s1. The van der Waals surface area contributed by atoms with E-state index in [1.165, 1.54) is 11.1 Å². The molecule has 5 nitrogen and oxygen atoms in total. The summed E-state index contributed by atoms with van der Waals surface area (Å²) in [5, 5.41) is -0.841. The van der Waals surface area contributed by atoms with Crippen LogP contribution in [0, 0.1) is 19.3 Å². The van der Waals surface area contributed by atoms with Crippen LogP contribution in [-0.2, 0) is 6.42 Å². The summed E-state index contributed by atoms with van der Waals surface area (Å²) in [4.78, 5) is 20.5. The molecule has 2 N–H and O–H groups in total. The topological polar surface area (TPSA) is 64.2 Å². The van der Waals surface area contributed by atoms with Gasteiger partial charge in [-0.05, 0) is 55.7 Å². The normalized spacial score (nSPS) is 26.3. The van der Waals surface area contributed by atoms with Gasteiger partial charge in [-0.1, -0.05) is 36.4 Å². The number of nitrogens with zero attached hydrogens (tertiary/aromatic N) is 3. The van der Waals surface area contributed by atoms with Crippen molar-refractivity contribution in [3.63, 3.8) is 0 Å². The Kier molecular flexibility index (Phi) is 5.47. The second kappa shape index (κ2) is 8.05. The van der Waals surface area contributed by atoms with Crippen LogP contribution in [0.2, 0.25) is 0 Å². The minimum Gasteiger partial charge on any atom is -0.356 e. The lowest BCUT2D eigenvalue weighted by Gasteiger charge is -2.43. The van der Waals surface area contributed by atoms with Crippen molar-refractivity contribution in [1.29, 1.82) is 0 Å². The SMILES string of the molecule is Cc1c(N2CCC3(CC2)Cc2ccccc2[C@H]3N)nc(C)n(C2=CC=C[C@H](Cl)C2Cl)c1=O. The van der Waals surface area contributed by atoms with Gasteiger partial charge in [-0.15, -0.1) is 23.2 Å². The molecule has 1 aromatic heterocycles. The van der Waals surface area contributed by atoms with Gasteiger partial charge in [-0.25, -0.2) is 4.98 Å². The molecule has 1 aliphatic heterocycles. The Bertz CT molecular complexity index is 1180. The number of aromatic nitrogens is 2. The zero-order chi connectivity index (χ0) is 22.6. The number of hydrogen-bond donors (Lipinski definition) is 1. The van der Waals surface area contributed by atoms with Crippen LogP contribution in [0.3, 0.4) is 0 Å². The van der Waals surface area contributed by atoms with Crippen molar-refractivity contribution < 1.29 is 0 Å². The largest absolute Gasteiger partial charge is 0.356 e. The van der Waals surface area contributed by atoms with Crippen LogP contribution in [0.4, 0.5) is 5.82 Å². The first kappa shape index (κ1) is 21.7. The zero-order valence-corrected chi connectivity index (χ0v) is 19.9. The molecule has 1 spiro atoms. The summed E-state index contributed by atoms with van der Waals surface area (Å²) in [7, 11) is 0. The zero-order valence-electron chi connectivity index (χ0n) is 18.4.